The van der Waals surface area contributed by atoms with E-state index in [0.29, 0.717) is 48.3 Å². The van der Waals surface area contributed by atoms with Crippen molar-refractivity contribution in [1.82, 2.24) is 14.9 Å². The molecule has 1 amide bonds. The van der Waals surface area contributed by atoms with Crippen LogP contribution in [0.2, 0.25) is 0 Å². The van der Waals surface area contributed by atoms with Crippen molar-refractivity contribution in [3.8, 4) is 6.07 Å². The summed E-state index contributed by atoms with van der Waals surface area (Å²) in [6.07, 6.45) is 8.81. The van der Waals surface area contributed by atoms with Crippen LogP contribution in [0.1, 0.15) is 43.9 Å². The number of hydrogen-bond donors (Lipinski definition) is 0. The highest BCUT2D eigenvalue weighted by molar-refractivity contribution is 6.03. The first-order valence-electron chi connectivity index (χ1n) is 10.7. The number of aromatic nitrogens is 2. The second-order valence-corrected chi connectivity index (χ2v) is 8.18. The van der Waals surface area contributed by atoms with Gasteiger partial charge in [-0.3, -0.25) is 4.79 Å². The highest BCUT2D eigenvalue weighted by Crippen LogP contribution is 2.44. The number of rotatable bonds is 6. The minimum atomic E-state index is -0.849. The first-order valence-corrected chi connectivity index (χ1v) is 10.7. The molecule has 0 aliphatic carbocycles. The lowest BCUT2D eigenvalue weighted by atomic mass is 9.68. The van der Waals surface area contributed by atoms with Crippen LogP contribution in [0, 0.1) is 28.4 Å². The molecule has 0 saturated carbocycles. The molecule has 1 atom stereocenters. The Morgan fingerprint density at radius 1 is 1.30 bits per heavy atom. The second-order valence-electron chi connectivity index (χ2n) is 8.18. The molecule has 1 saturated heterocycles. The van der Waals surface area contributed by atoms with Crippen LogP contribution in [0.25, 0.3) is 5.57 Å². The zero-order valence-corrected chi connectivity index (χ0v) is 18.8. The van der Waals surface area contributed by atoms with Gasteiger partial charge >= 0.3 is 0 Å². The van der Waals surface area contributed by atoms with Crippen molar-refractivity contribution < 1.29 is 13.6 Å². The van der Waals surface area contributed by atoms with E-state index in [1.54, 1.807) is 42.3 Å². The average molecular weight is 449 g/mol. The summed E-state index contributed by atoms with van der Waals surface area (Å²) in [6, 6.07) is 7.56. The molecule has 1 aliphatic heterocycles. The third-order valence-electron chi connectivity index (χ3n) is 6.42. The Morgan fingerprint density at radius 2 is 2.03 bits per heavy atom. The molecule has 7 heteroatoms. The Hall–Kier alpha value is -3.66. The number of hydrogen-bond acceptors (Lipinski definition) is 4. The van der Waals surface area contributed by atoms with Crippen LogP contribution in [0.5, 0.6) is 0 Å². The monoisotopic (exact) mass is 448 g/mol. The lowest BCUT2D eigenvalue weighted by molar-refractivity contribution is -0.128. The summed E-state index contributed by atoms with van der Waals surface area (Å²) in [7, 11) is 0. The Kier molecular flexibility index (Phi) is 7.49. The van der Waals surface area contributed by atoms with Gasteiger partial charge < -0.3 is 4.90 Å². The van der Waals surface area contributed by atoms with Gasteiger partial charge in [0.1, 0.15) is 18.0 Å². The standard InChI is InChI=1S/C26H26F2N4O/c1-4-5-6-21(18(2)24-9-12-30-17-31-24)25(33)32-13-10-26(16-29,11-14-32)19(3)22-8-7-20(27)15-23(22)28/h4-9,12,15,17,19H,1,10-11,13-14H2,2-3H3/b6-5-,21-18-/t19-/m0/s1. The van der Waals surface area contributed by atoms with E-state index in [-0.39, 0.29) is 5.91 Å². The summed E-state index contributed by atoms with van der Waals surface area (Å²) in [5.41, 5.74) is 1.30. The lowest BCUT2D eigenvalue weighted by Gasteiger charge is -2.41. The van der Waals surface area contributed by atoms with Crippen molar-refractivity contribution in [2.45, 2.75) is 32.6 Å². The molecule has 2 aromatic rings. The summed E-state index contributed by atoms with van der Waals surface area (Å²) in [4.78, 5) is 23.3. The summed E-state index contributed by atoms with van der Waals surface area (Å²) in [6.45, 7) is 7.99. The van der Waals surface area contributed by atoms with Crippen LogP contribution in [-0.4, -0.2) is 33.9 Å². The van der Waals surface area contributed by atoms with Gasteiger partial charge in [-0.25, -0.2) is 18.7 Å². The molecule has 3 rings (SSSR count). The molecular formula is C26H26F2N4O. The second kappa shape index (κ2) is 10.3. The summed E-state index contributed by atoms with van der Waals surface area (Å²) in [5, 5.41) is 10.0. The maximum Gasteiger partial charge on any atom is 0.254 e. The topological polar surface area (TPSA) is 69.9 Å². The Morgan fingerprint density at radius 3 is 2.61 bits per heavy atom. The molecule has 170 valence electrons. The van der Waals surface area contributed by atoms with Crippen LogP contribution in [0.3, 0.4) is 0 Å². The molecule has 0 bridgehead atoms. The quantitative estimate of drug-likeness (QED) is 0.450. The fourth-order valence-corrected chi connectivity index (χ4v) is 4.24. The van der Waals surface area contributed by atoms with Gasteiger partial charge in [0.2, 0.25) is 0 Å². The first kappa shape index (κ1) is 24.0. The summed E-state index contributed by atoms with van der Waals surface area (Å²) < 4.78 is 27.7. The van der Waals surface area contributed by atoms with Crippen molar-refractivity contribution in [1.29, 1.82) is 5.26 Å². The maximum atomic E-state index is 14.4. The highest BCUT2D eigenvalue weighted by Gasteiger charge is 2.42. The molecule has 2 heterocycles. The number of nitriles is 1. The number of allylic oxidation sites excluding steroid dienone is 3. The smallest absolute Gasteiger partial charge is 0.254 e. The molecule has 0 unspecified atom stereocenters. The van der Waals surface area contributed by atoms with Crippen LogP contribution in [0.4, 0.5) is 8.78 Å². The van der Waals surface area contributed by atoms with Gasteiger partial charge in [0.15, 0.2) is 0 Å². The van der Waals surface area contributed by atoms with Crippen LogP contribution < -0.4 is 0 Å². The van der Waals surface area contributed by atoms with E-state index in [2.05, 4.69) is 22.6 Å². The number of halogens is 2. The van der Waals surface area contributed by atoms with Gasteiger partial charge in [-0.05, 0) is 49.1 Å². The van der Waals surface area contributed by atoms with Crippen LogP contribution in [-0.2, 0) is 4.79 Å². The van der Waals surface area contributed by atoms with Crippen molar-refractivity contribution in [2.75, 3.05) is 13.1 Å². The van der Waals surface area contributed by atoms with Gasteiger partial charge in [-0.2, -0.15) is 5.26 Å². The number of amides is 1. The van der Waals surface area contributed by atoms with E-state index < -0.39 is 23.0 Å². The predicted molar refractivity (Wildman–Crippen MR) is 123 cm³/mol. The Bertz CT molecular complexity index is 1130. The lowest BCUT2D eigenvalue weighted by Crippen LogP contribution is -2.45. The molecule has 0 radical (unpaired) electrons. The molecule has 1 aliphatic rings. The predicted octanol–water partition coefficient (Wildman–Crippen LogP) is 5.21. The fraction of sp³-hybridized carbons (Fsp3) is 0.308. The van der Waals surface area contributed by atoms with Crippen molar-refractivity contribution in [2.24, 2.45) is 5.41 Å². The molecule has 1 aromatic carbocycles. The Balaban J connectivity index is 1.84. The number of nitrogens with zero attached hydrogens (tertiary/aromatic N) is 4. The number of carbonyl (C=O) groups excluding carboxylic acids is 1. The zero-order chi connectivity index (χ0) is 24.0. The van der Waals surface area contributed by atoms with Gasteiger partial charge in [0.25, 0.3) is 5.91 Å². The van der Waals surface area contributed by atoms with E-state index in [9.17, 15) is 18.8 Å². The van der Waals surface area contributed by atoms with E-state index >= 15 is 0 Å². The third-order valence-corrected chi connectivity index (χ3v) is 6.42. The normalized spacial score (nSPS) is 17.2. The number of benzene rings is 1. The first-order chi connectivity index (χ1) is 15.8. The molecule has 1 aromatic heterocycles. The van der Waals surface area contributed by atoms with Crippen LogP contribution in [0.15, 0.2) is 67.2 Å². The van der Waals surface area contributed by atoms with Gasteiger partial charge in [-0.15, -0.1) is 0 Å². The molecular weight excluding hydrogens is 422 g/mol. The van der Waals surface area contributed by atoms with Crippen molar-refractivity contribution in [3.63, 3.8) is 0 Å². The van der Waals surface area contributed by atoms with E-state index in [1.807, 2.05) is 6.92 Å². The van der Waals surface area contributed by atoms with E-state index in [4.69, 9.17) is 0 Å². The fourth-order valence-electron chi connectivity index (χ4n) is 4.24. The van der Waals surface area contributed by atoms with E-state index in [1.165, 1.54) is 18.5 Å². The number of likely N-dealkylation sites (tertiary alicyclic amines) is 1. The third kappa shape index (κ3) is 5.06. The molecule has 1 fully saturated rings. The molecule has 0 N–H and O–H groups in total. The summed E-state index contributed by atoms with van der Waals surface area (Å²) >= 11 is 0. The summed E-state index contributed by atoms with van der Waals surface area (Å²) in [5.74, 6) is -1.92. The maximum absolute atomic E-state index is 14.4. The van der Waals surface area contributed by atoms with Gasteiger partial charge in [-0.1, -0.05) is 31.7 Å². The minimum absolute atomic E-state index is 0.170. The van der Waals surface area contributed by atoms with E-state index in [0.717, 1.165) is 6.07 Å². The largest absolute Gasteiger partial charge is 0.339 e. The highest BCUT2D eigenvalue weighted by atomic mass is 19.1. The Labute approximate surface area is 192 Å². The number of piperidine rings is 1. The molecule has 5 nitrogen and oxygen atoms in total. The average Bonchev–Trinajstić information content (AvgIpc) is 2.84. The van der Waals surface area contributed by atoms with Crippen molar-refractivity contribution >= 4 is 11.5 Å². The van der Waals surface area contributed by atoms with Crippen molar-refractivity contribution in [3.05, 3.63) is 90.1 Å². The minimum Gasteiger partial charge on any atom is -0.339 e. The van der Waals surface area contributed by atoms with Crippen LogP contribution >= 0.6 is 0 Å². The van der Waals surface area contributed by atoms with Gasteiger partial charge in [0, 0.05) is 36.8 Å². The molecule has 33 heavy (non-hydrogen) atoms. The number of carbonyl (C=O) groups is 1. The zero-order valence-electron chi connectivity index (χ0n) is 18.8. The SMILES string of the molecule is C=C/C=C\C(C(=O)N1CCC(C#N)([C@@H](C)c2ccc(F)cc2F)CC1)=C(/C)c1ccncn1. The van der Waals surface area contributed by atoms with Gasteiger partial charge in [0.05, 0.1) is 17.2 Å². The molecule has 0 spiro atoms.